The van der Waals surface area contributed by atoms with Crippen molar-refractivity contribution in [1.82, 2.24) is 10.6 Å². The smallest absolute Gasteiger partial charge is 0.314 e. The maximum Gasteiger partial charge on any atom is 0.314 e. The van der Waals surface area contributed by atoms with Crippen LogP contribution in [0.2, 0.25) is 0 Å². The number of carbonyl (C=O) groups excluding carboxylic acids is 1. The molecule has 1 aliphatic rings. The molecular weight excluding hydrogens is 236 g/mol. The zero-order valence-electron chi connectivity index (χ0n) is 9.73. The van der Waals surface area contributed by atoms with E-state index in [0.29, 0.717) is 5.25 Å². The number of urea groups is 1. The molecule has 1 aromatic carbocycles. The van der Waals surface area contributed by atoms with Crippen LogP contribution in [-0.2, 0) is 5.75 Å². The fourth-order valence-corrected chi connectivity index (χ4v) is 2.62. The van der Waals surface area contributed by atoms with Crippen LogP contribution < -0.4 is 15.4 Å². The number of benzene rings is 1. The minimum Gasteiger partial charge on any atom is -0.497 e. The van der Waals surface area contributed by atoms with Crippen molar-refractivity contribution in [3.05, 3.63) is 29.8 Å². The van der Waals surface area contributed by atoms with Gasteiger partial charge in [0.05, 0.1) is 7.11 Å². The van der Waals surface area contributed by atoms with E-state index < -0.39 is 0 Å². The van der Waals surface area contributed by atoms with Crippen molar-refractivity contribution in [3.63, 3.8) is 0 Å². The van der Waals surface area contributed by atoms with Crippen LogP contribution in [0.3, 0.4) is 0 Å². The molecule has 4 nitrogen and oxygen atoms in total. The molecule has 0 saturated carbocycles. The Hall–Kier alpha value is -1.36. The molecule has 0 unspecified atom stereocenters. The van der Waals surface area contributed by atoms with Crippen molar-refractivity contribution < 1.29 is 9.53 Å². The van der Waals surface area contributed by atoms with Crippen molar-refractivity contribution in [2.45, 2.75) is 11.0 Å². The first-order chi connectivity index (χ1) is 8.28. The molecule has 0 radical (unpaired) electrons. The van der Waals surface area contributed by atoms with Gasteiger partial charge in [0.15, 0.2) is 0 Å². The summed E-state index contributed by atoms with van der Waals surface area (Å²) >= 11 is 1.85. The Balaban J connectivity index is 1.79. The lowest BCUT2D eigenvalue weighted by Gasteiger charge is -2.23. The summed E-state index contributed by atoms with van der Waals surface area (Å²) < 4.78 is 5.11. The lowest BCUT2D eigenvalue weighted by atomic mass is 10.2. The van der Waals surface area contributed by atoms with Crippen LogP contribution in [0.4, 0.5) is 4.79 Å². The second-order valence-electron chi connectivity index (χ2n) is 3.87. The highest BCUT2D eigenvalue weighted by Gasteiger charge is 2.16. The molecule has 0 atom stereocenters. The summed E-state index contributed by atoms with van der Waals surface area (Å²) in [7, 11) is 1.67. The molecule has 5 heteroatoms. The van der Waals surface area contributed by atoms with Gasteiger partial charge in [-0.1, -0.05) is 12.1 Å². The van der Waals surface area contributed by atoms with Crippen LogP contribution in [0.1, 0.15) is 5.56 Å². The van der Waals surface area contributed by atoms with E-state index in [1.54, 1.807) is 7.11 Å². The van der Waals surface area contributed by atoms with Crippen LogP contribution in [0, 0.1) is 0 Å². The molecule has 1 heterocycles. The Morgan fingerprint density at radius 3 is 2.53 bits per heavy atom. The Kier molecular flexibility index (Phi) is 4.14. The summed E-state index contributed by atoms with van der Waals surface area (Å²) in [6.45, 7) is 1.49. The molecule has 1 aliphatic heterocycles. The number of rotatable bonds is 4. The first kappa shape index (κ1) is 12.1. The third-order valence-corrected chi connectivity index (χ3v) is 3.93. The third kappa shape index (κ3) is 3.56. The standard InChI is InChI=1S/C12H16N2O2S/c1-16-10-4-2-9(3-5-10)8-17-11-6-13-12(15)14-7-11/h2-5,11H,6-8H2,1H3,(H2,13,14,15). The van der Waals surface area contributed by atoms with Crippen LogP contribution in [0.15, 0.2) is 24.3 Å². The van der Waals surface area contributed by atoms with Gasteiger partial charge in [0.25, 0.3) is 0 Å². The molecule has 0 spiro atoms. The van der Waals surface area contributed by atoms with Crippen LogP contribution >= 0.6 is 11.8 Å². The quantitative estimate of drug-likeness (QED) is 0.856. The van der Waals surface area contributed by atoms with Crippen molar-refractivity contribution >= 4 is 17.8 Å². The predicted molar refractivity (Wildman–Crippen MR) is 69.5 cm³/mol. The van der Waals surface area contributed by atoms with Crippen molar-refractivity contribution in [3.8, 4) is 5.75 Å². The van der Waals surface area contributed by atoms with Gasteiger partial charge in [-0.05, 0) is 17.7 Å². The highest BCUT2D eigenvalue weighted by molar-refractivity contribution is 7.99. The SMILES string of the molecule is COc1ccc(CSC2CNC(=O)NC2)cc1. The molecule has 1 aromatic rings. The number of nitrogens with one attached hydrogen (secondary N) is 2. The number of methoxy groups -OCH3 is 1. The Bertz CT molecular complexity index is 371. The summed E-state index contributed by atoms with van der Waals surface area (Å²) in [6, 6.07) is 8.01. The average molecular weight is 252 g/mol. The second-order valence-corrected chi connectivity index (χ2v) is 5.16. The lowest BCUT2D eigenvalue weighted by Crippen LogP contribution is -2.49. The monoisotopic (exact) mass is 252 g/mol. The molecule has 0 aromatic heterocycles. The van der Waals surface area contributed by atoms with Crippen LogP contribution in [-0.4, -0.2) is 31.5 Å². The van der Waals surface area contributed by atoms with Gasteiger partial charge in [-0.2, -0.15) is 11.8 Å². The lowest BCUT2D eigenvalue weighted by molar-refractivity contribution is 0.237. The topological polar surface area (TPSA) is 50.4 Å². The van der Waals surface area contributed by atoms with Gasteiger partial charge in [0, 0.05) is 24.1 Å². The Morgan fingerprint density at radius 1 is 1.29 bits per heavy atom. The van der Waals surface area contributed by atoms with Gasteiger partial charge in [0.2, 0.25) is 0 Å². The summed E-state index contributed by atoms with van der Waals surface area (Å²) in [6.07, 6.45) is 0. The maximum atomic E-state index is 10.9. The molecule has 2 rings (SSSR count). The minimum atomic E-state index is -0.0636. The molecule has 0 aliphatic carbocycles. The van der Waals surface area contributed by atoms with Crippen molar-refractivity contribution in [2.24, 2.45) is 0 Å². The van der Waals surface area contributed by atoms with Gasteiger partial charge in [-0.3, -0.25) is 0 Å². The van der Waals surface area contributed by atoms with E-state index >= 15 is 0 Å². The van der Waals surface area contributed by atoms with E-state index in [9.17, 15) is 4.79 Å². The first-order valence-electron chi connectivity index (χ1n) is 5.54. The fourth-order valence-electron chi connectivity index (χ4n) is 1.60. The van der Waals surface area contributed by atoms with Gasteiger partial charge < -0.3 is 15.4 Å². The van der Waals surface area contributed by atoms with Gasteiger partial charge in [-0.25, -0.2) is 4.79 Å². The largest absolute Gasteiger partial charge is 0.497 e. The zero-order chi connectivity index (χ0) is 12.1. The highest BCUT2D eigenvalue weighted by Crippen LogP contribution is 2.20. The zero-order valence-corrected chi connectivity index (χ0v) is 10.5. The first-order valence-corrected chi connectivity index (χ1v) is 6.59. The fraction of sp³-hybridized carbons (Fsp3) is 0.417. The average Bonchev–Trinajstić information content (AvgIpc) is 2.39. The van der Waals surface area contributed by atoms with Crippen LogP contribution in [0.25, 0.3) is 0 Å². The Morgan fingerprint density at radius 2 is 1.94 bits per heavy atom. The van der Waals surface area contributed by atoms with E-state index in [0.717, 1.165) is 24.6 Å². The highest BCUT2D eigenvalue weighted by atomic mass is 32.2. The van der Waals surface area contributed by atoms with Crippen molar-refractivity contribution in [2.75, 3.05) is 20.2 Å². The van der Waals surface area contributed by atoms with Gasteiger partial charge >= 0.3 is 6.03 Å². The van der Waals surface area contributed by atoms with E-state index in [-0.39, 0.29) is 6.03 Å². The predicted octanol–water partition coefficient (Wildman–Crippen LogP) is 1.61. The van der Waals surface area contributed by atoms with Gasteiger partial charge in [-0.15, -0.1) is 0 Å². The number of hydrogen-bond donors (Lipinski definition) is 2. The van der Waals surface area contributed by atoms with E-state index in [1.165, 1.54) is 5.56 Å². The summed E-state index contributed by atoms with van der Waals surface area (Å²) in [5.41, 5.74) is 1.27. The molecule has 1 fully saturated rings. The second kappa shape index (κ2) is 5.82. The minimum absolute atomic E-state index is 0.0636. The summed E-state index contributed by atoms with van der Waals surface area (Å²) in [5.74, 6) is 1.83. The normalized spacial score (nSPS) is 16.2. The molecule has 1 saturated heterocycles. The van der Waals surface area contributed by atoms with E-state index in [2.05, 4.69) is 22.8 Å². The molecule has 2 amide bonds. The van der Waals surface area contributed by atoms with Gasteiger partial charge in [0.1, 0.15) is 5.75 Å². The van der Waals surface area contributed by atoms with E-state index in [1.807, 2.05) is 23.9 Å². The molecule has 2 N–H and O–H groups in total. The number of thioether (sulfide) groups is 1. The number of amides is 2. The molecule has 17 heavy (non-hydrogen) atoms. The number of hydrogen-bond acceptors (Lipinski definition) is 3. The third-order valence-electron chi connectivity index (χ3n) is 2.63. The number of ether oxygens (including phenoxy) is 1. The van der Waals surface area contributed by atoms with Crippen LogP contribution in [0.5, 0.6) is 5.75 Å². The Labute approximate surface area is 105 Å². The molecule has 92 valence electrons. The maximum absolute atomic E-state index is 10.9. The summed E-state index contributed by atoms with van der Waals surface area (Å²) in [4.78, 5) is 10.9. The van der Waals surface area contributed by atoms with Crippen molar-refractivity contribution in [1.29, 1.82) is 0 Å². The molecular formula is C12H16N2O2S. The number of carbonyl (C=O) groups is 1. The van der Waals surface area contributed by atoms with E-state index in [4.69, 9.17) is 4.74 Å². The molecule has 0 bridgehead atoms. The summed E-state index contributed by atoms with van der Waals surface area (Å²) in [5, 5.41) is 6.03.